The molecule has 3 rings (SSSR count). The third-order valence-electron chi connectivity index (χ3n) is 4.60. The number of anilines is 1. The maximum Gasteiger partial charge on any atom is 0.337 e. The van der Waals surface area contributed by atoms with Crippen LogP contribution >= 0.6 is 0 Å². The lowest BCUT2D eigenvalue weighted by Crippen LogP contribution is -2.44. The number of nitrogens with zero attached hydrogens (tertiary/aromatic N) is 1. The Labute approximate surface area is 163 Å². The summed E-state index contributed by atoms with van der Waals surface area (Å²) in [7, 11) is 1.33. The number of hydrogen-bond donors (Lipinski definition) is 2. The zero-order valence-corrected chi connectivity index (χ0v) is 16.1. The predicted molar refractivity (Wildman–Crippen MR) is 103 cm³/mol. The van der Waals surface area contributed by atoms with Crippen molar-refractivity contribution in [2.24, 2.45) is 0 Å². The van der Waals surface area contributed by atoms with Gasteiger partial charge in [-0.1, -0.05) is 0 Å². The molecule has 0 aliphatic carbocycles. The molecule has 2 amide bonds. The second-order valence-electron chi connectivity index (χ2n) is 6.52. The molecule has 8 heteroatoms. The fraction of sp³-hybridized carbons (Fsp3) is 0.400. The Bertz CT molecular complexity index is 796. The van der Waals surface area contributed by atoms with E-state index in [4.69, 9.17) is 9.15 Å². The van der Waals surface area contributed by atoms with Gasteiger partial charge in [-0.25, -0.2) is 9.59 Å². The lowest BCUT2D eigenvalue weighted by molar-refractivity contribution is 0.0122. The third-order valence-corrected chi connectivity index (χ3v) is 4.60. The zero-order valence-electron chi connectivity index (χ0n) is 16.1. The van der Waals surface area contributed by atoms with Gasteiger partial charge >= 0.3 is 12.0 Å². The van der Waals surface area contributed by atoms with Crippen molar-refractivity contribution in [3.05, 3.63) is 53.5 Å². The first-order valence-corrected chi connectivity index (χ1v) is 9.18. The van der Waals surface area contributed by atoms with Crippen molar-refractivity contribution in [2.45, 2.75) is 13.0 Å². The van der Waals surface area contributed by atoms with E-state index in [-0.39, 0.29) is 12.1 Å². The van der Waals surface area contributed by atoms with Gasteiger partial charge in [0.2, 0.25) is 0 Å². The number of benzene rings is 1. The van der Waals surface area contributed by atoms with Crippen molar-refractivity contribution in [2.75, 3.05) is 45.3 Å². The first kappa shape index (κ1) is 19.9. The predicted octanol–water partition coefficient (Wildman–Crippen LogP) is 2.57. The summed E-state index contributed by atoms with van der Waals surface area (Å²) in [6, 6.07) is 9.99. The fourth-order valence-electron chi connectivity index (χ4n) is 3.10. The van der Waals surface area contributed by atoms with Crippen LogP contribution in [0.15, 0.2) is 40.8 Å². The van der Waals surface area contributed by atoms with E-state index < -0.39 is 5.97 Å². The Kier molecular flexibility index (Phi) is 6.67. The van der Waals surface area contributed by atoms with Gasteiger partial charge in [-0.2, -0.15) is 0 Å². The number of rotatable bonds is 6. The van der Waals surface area contributed by atoms with Crippen molar-refractivity contribution >= 4 is 17.7 Å². The van der Waals surface area contributed by atoms with Gasteiger partial charge in [-0.15, -0.1) is 0 Å². The highest BCUT2D eigenvalue weighted by molar-refractivity contribution is 5.92. The fourth-order valence-corrected chi connectivity index (χ4v) is 3.10. The Balaban J connectivity index is 1.59. The quantitative estimate of drug-likeness (QED) is 0.740. The van der Waals surface area contributed by atoms with Gasteiger partial charge < -0.3 is 24.5 Å². The molecule has 0 bridgehead atoms. The van der Waals surface area contributed by atoms with Crippen LogP contribution in [0.3, 0.4) is 0 Å². The summed E-state index contributed by atoms with van der Waals surface area (Å²) in [6.45, 7) is 5.19. The lowest BCUT2D eigenvalue weighted by Gasteiger charge is -2.33. The summed E-state index contributed by atoms with van der Waals surface area (Å²) in [5, 5.41) is 5.67. The molecule has 2 N–H and O–H groups in total. The topological polar surface area (TPSA) is 93.0 Å². The maximum atomic E-state index is 12.3. The van der Waals surface area contributed by atoms with E-state index in [0.717, 1.165) is 24.6 Å². The van der Waals surface area contributed by atoms with Crippen molar-refractivity contribution < 1.29 is 23.5 Å². The SMILES string of the molecule is COC(=O)c1ccc(NC(=O)NC[C@@H](c2ccc(C)o2)N2CCOCC2)cc1. The normalized spacial score (nSPS) is 15.6. The van der Waals surface area contributed by atoms with Crippen LogP contribution in [-0.2, 0) is 9.47 Å². The van der Waals surface area contributed by atoms with Crippen molar-refractivity contribution in [3.63, 3.8) is 0 Å². The molecular formula is C20H25N3O5. The van der Waals surface area contributed by atoms with Gasteiger partial charge in [0.15, 0.2) is 0 Å². The number of carbonyl (C=O) groups is 2. The Hall–Kier alpha value is -2.84. The average Bonchev–Trinajstić information content (AvgIpc) is 3.15. The second-order valence-corrected chi connectivity index (χ2v) is 6.52. The minimum absolute atomic E-state index is 0.0648. The number of aryl methyl sites for hydroxylation is 1. The van der Waals surface area contributed by atoms with Gasteiger partial charge in [0, 0.05) is 25.3 Å². The smallest absolute Gasteiger partial charge is 0.337 e. The standard InChI is InChI=1S/C20H25N3O5/c1-14-3-8-18(28-14)17(23-9-11-27-12-10-23)13-21-20(25)22-16-6-4-15(5-7-16)19(24)26-2/h3-8,17H,9-13H2,1-2H3,(H2,21,22,25)/t17-/m0/s1. The monoisotopic (exact) mass is 387 g/mol. The molecule has 0 unspecified atom stereocenters. The van der Waals surface area contributed by atoms with Gasteiger partial charge in [0.05, 0.1) is 31.9 Å². The molecule has 1 atom stereocenters. The number of hydrogen-bond acceptors (Lipinski definition) is 6. The van der Waals surface area contributed by atoms with E-state index in [1.807, 2.05) is 19.1 Å². The highest BCUT2D eigenvalue weighted by Crippen LogP contribution is 2.23. The number of furan rings is 1. The molecular weight excluding hydrogens is 362 g/mol. The van der Waals surface area contributed by atoms with E-state index in [1.165, 1.54) is 7.11 Å². The summed E-state index contributed by atoms with van der Waals surface area (Å²) >= 11 is 0. The summed E-state index contributed by atoms with van der Waals surface area (Å²) in [5.41, 5.74) is 1.01. The van der Waals surface area contributed by atoms with E-state index in [9.17, 15) is 9.59 Å². The Morgan fingerprint density at radius 1 is 1.14 bits per heavy atom. The Morgan fingerprint density at radius 2 is 1.86 bits per heavy atom. The largest absolute Gasteiger partial charge is 0.465 e. The minimum atomic E-state index is -0.418. The first-order valence-electron chi connectivity index (χ1n) is 9.18. The van der Waals surface area contributed by atoms with Crippen LogP contribution < -0.4 is 10.6 Å². The molecule has 2 aromatic rings. The van der Waals surface area contributed by atoms with Crippen LogP contribution in [0.2, 0.25) is 0 Å². The maximum absolute atomic E-state index is 12.3. The number of carbonyl (C=O) groups excluding carboxylic acids is 2. The molecule has 0 saturated carbocycles. The molecule has 28 heavy (non-hydrogen) atoms. The van der Waals surface area contributed by atoms with Gasteiger partial charge in [-0.05, 0) is 43.3 Å². The van der Waals surface area contributed by atoms with Crippen LogP contribution in [-0.4, -0.2) is 56.9 Å². The number of amides is 2. The van der Waals surface area contributed by atoms with Crippen molar-refractivity contribution in [1.82, 2.24) is 10.2 Å². The molecule has 150 valence electrons. The number of urea groups is 1. The van der Waals surface area contributed by atoms with Gasteiger partial charge in [0.25, 0.3) is 0 Å². The Morgan fingerprint density at radius 3 is 2.46 bits per heavy atom. The molecule has 1 fully saturated rings. The van der Waals surface area contributed by atoms with E-state index in [0.29, 0.717) is 31.0 Å². The summed E-state index contributed by atoms with van der Waals surface area (Å²) in [5.74, 6) is 1.24. The number of morpholine rings is 1. The average molecular weight is 387 g/mol. The van der Waals surface area contributed by atoms with E-state index >= 15 is 0 Å². The number of esters is 1. The molecule has 1 aromatic heterocycles. The molecule has 1 aliphatic rings. The summed E-state index contributed by atoms with van der Waals surface area (Å²) in [4.78, 5) is 26.0. The van der Waals surface area contributed by atoms with E-state index in [2.05, 4.69) is 20.3 Å². The molecule has 8 nitrogen and oxygen atoms in total. The van der Waals surface area contributed by atoms with Crippen LogP contribution in [0, 0.1) is 6.92 Å². The molecule has 1 aliphatic heterocycles. The minimum Gasteiger partial charge on any atom is -0.465 e. The second kappa shape index (κ2) is 9.38. The van der Waals surface area contributed by atoms with Gasteiger partial charge in [0.1, 0.15) is 11.5 Å². The summed E-state index contributed by atoms with van der Waals surface area (Å²) < 4.78 is 15.9. The van der Waals surface area contributed by atoms with Crippen LogP contribution in [0.4, 0.5) is 10.5 Å². The van der Waals surface area contributed by atoms with Crippen LogP contribution in [0.25, 0.3) is 0 Å². The van der Waals surface area contributed by atoms with Crippen LogP contribution in [0.5, 0.6) is 0 Å². The van der Waals surface area contributed by atoms with Crippen LogP contribution in [0.1, 0.15) is 27.9 Å². The third kappa shape index (κ3) is 5.11. The molecule has 2 heterocycles. The lowest BCUT2D eigenvalue weighted by atomic mass is 10.1. The molecule has 1 saturated heterocycles. The molecule has 0 radical (unpaired) electrons. The van der Waals surface area contributed by atoms with E-state index in [1.54, 1.807) is 24.3 Å². The number of nitrogens with one attached hydrogen (secondary N) is 2. The van der Waals surface area contributed by atoms with Crippen molar-refractivity contribution in [1.29, 1.82) is 0 Å². The molecule has 1 aromatic carbocycles. The van der Waals surface area contributed by atoms with Gasteiger partial charge in [-0.3, -0.25) is 4.90 Å². The summed E-state index contributed by atoms with van der Waals surface area (Å²) in [6.07, 6.45) is 0. The highest BCUT2D eigenvalue weighted by atomic mass is 16.5. The number of methoxy groups -OCH3 is 1. The first-order chi connectivity index (χ1) is 13.6. The number of ether oxygens (including phenoxy) is 2. The highest BCUT2D eigenvalue weighted by Gasteiger charge is 2.25. The van der Waals surface area contributed by atoms with Crippen molar-refractivity contribution in [3.8, 4) is 0 Å². The molecule has 0 spiro atoms. The zero-order chi connectivity index (χ0) is 19.9.